The van der Waals surface area contributed by atoms with Crippen molar-refractivity contribution in [3.63, 3.8) is 0 Å². The molecule has 26 heavy (non-hydrogen) atoms. The largest absolute Gasteiger partial charge is 0.390 e. The number of carbonyl (C=O) groups excluding carboxylic acids is 1. The minimum atomic E-state index is -0.670. The van der Waals surface area contributed by atoms with E-state index >= 15 is 0 Å². The third kappa shape index (κ3) is 4.02. The van der Waals surface area contributed by atoms with Gasteiger partial charge in [0, 0.05) is 37.4 Å². The van der Waals surface area contributed by atoms with Crippen LogP contribution in [0.1, 0.15) is 67.1 Å². The first-order chi connectivity index (χ1) is 12.4. The molecule has 0 saturated heterocycles. The number of hydrogen-bond acceptors (Lipinski definition) is 3. The molecule has 0 amide bonds. The van der Waals surface area contributed by atoms with E-state index in [1.165, 1.54) is 6.42 Å². The van der Waals surface area contributed by atoms with Crippen LogP contribution in [-0.4, -0.2) is 34.6 Å². The fraction of sp³-hybridized carbons (Fsp3) is 0.591. The molecular formula is C22H31NO3. The lowest BCUT2D eigenvalue weighted by molar-refractivity contribution is -0.0204. The first-order valence-corrected chi connectivity index (χ1v) is 9.77. The number of ether oxygens (including phenoxy) is 1. The van der Waals surface area contributed by atoms with E-state index in [4.69, 9.17) is 4.74 Å². The lowest BCUT2D eigenvalue weighted by Gasteiger charge is -2.35. The number of aliphatic hydroxyl groups is 1. The van der Waals surface area contributed by atoms with E-state index in [9.17, 15) is 9.90 Å². The van der Waals surface area contributed by atoms with Crippen molar-refractivity contribution in [2.24, 2.45) is 5.92 Å². The smallest absolute Gasteiger partial charge is 0.165 e. The minimum Gasteiger partial charge on any atom is -0.390 e. The number of carbonyl (C=O) groups is 1. The molecule has 0 spiro atoms. The Morgan fingerprint density at radius 1 is 1.46 bits per heavy atom. The van der Waals surface area contributed by atoms with Crippen molar-refractivity contribution in [1.82, 2.24) is 4.40 Å². The normalized spacial score (nSPS) is 23.5. The number of aryl methyl sites for hydroxylation is 1. The average molecular weight is 357 g/mol. The Bertz CT molecular complexity index is 779. The van der Waals surface area contributed by atoms with Crippen LogP contribution in [0.5, 0.6) is 0 Å². The van der Waals surface area contributed by atoms with Gasteiger partial charge < -0.3 is 14.2 Å². The Labute approximate surface area is 156 Å². The Kier molecular flexibility index (Phi) is 5.83. The van der Waals surface area contributed by atoms with Gasteiger partial charge in [0.2, 0.25) is 0 Å². The van der Waals surface area contributed by atoms with Crippen LogP contribution in [0.2, 0.25) is 0 Å². The summed E-state index contributed by atoms with van der Waals surface area (Å²) in [6, 6.07) is 6.07. The van der Waals surface area contributed by atoms with Gasteiger partial charge in [0.25, 0.3) is 0 Å². The van der Waals surface area contributed by atoms with Crippen molar-refractivity contribution in [2.45, 2.75) is 64.4 Å². The molecule has 0 aliphatic heterocycles. The second-order valence-electron chi connectivity index (χ2n) is 8.05. The summed E-state index contributed by atoms with van der Waals surface area (Å²) < 4.78 is 7.32. The fourth-order valence-electron chi connectivity index (χ4n) is 4.46. The molecule has 1 N–H and O–H groups in total. The summed E-state index contributed by atoms with van der Waals surface area (Å²) in [5.41, 5.74) is 3.30. The van der Waals surface area contributed by atoms with Gasteiger partial charge in [-0.3, -0.25) is 4.79 Å². The zero-order chi connectivity index (χ0) is 18.7. The van der Waals surface area contributed by atoms with Gasteiger partial charge in [0.15, 0.2) is 5.78 Å². The number of ketones is 1. The zero-order valence-corrected chi connectivity index (χ0v) is 16.3. The highest BCUT2D eigenvalue weighted by Crippen LogP contribution is 2.36. The van der Waals surface area contributed by atoms with Gasteiger partial charge in [-0.05, 0) is 49.8 Å². The van der Waals surface area contributed by atoms with Crippen LogP contribution in [0.15, 0.2) is 24.4 Å². The SMILES string of the molecule is COCCc1cc(C(=O)CC[C@@]2(O)CCCC(C)C2)c2c(C)cccn12. The highest BCUT2D eigenvalue weighted by molar-refractivity contribution is 6.03. The van der Waals surface area contributed by atoms with Crippen LogP contribution in [0.3, 0.4) is 0 Å². The molecule has 142 valence electrons. The van der Waals surface area contributed by atoms with E-state index in [0.29, 0.717) is 25.4 Å². The predicted molar refractivity (Wildman–Crippen MR) is 104 cm³/mol. The maximum absolute atomic E-state index is 13.0. The average Bonchev–Trinajstić information content (AvgIpc) is 2.98. The summed E-state index contributed by atoms with van der Waals surface area (Å²) in [5.74, 6) is 0.675. The molecule has 1 fully saturated rings. The highest BCUT2D eigenvalue weighted by Gasteiger charge is 2.33. The Hall–Kier alpha value is -1.65. The lowest BCUT2D eigenvalue weighted by atomic mass is 9.76. The standard InChI is InChI=1S/C22H31NO3/c1-16-6-4-10-22(25,15-16)11-8-20(24)19-14-18(9-13-26-3)23-12-5-7-17(2)21(19)23/h5,7,12,14,16,25H,4,6,8-11,13,15H2,1-3H3/t16?,22-/m0/s1. The molecule has 0 radical (unpaired) electrons. The third-order valence-electron chi connectivity index (χ3n) is 5.82. The maximum Gasteiger partial charge on any atom is 0.165 e. The van der Waals surface area contributed by atoms with Crippen LogP contribution in [0, 0.1) is 12.8 Å². The molecular weight excluding hydrogens is 326 g/mol. The molecule has 0 aromatic carbocycles. The molecule has 2 aromatic heterocycles. The quantitative estimate of drug-likeness (QED) is 0.750. The molecule has 1 unspecified atom stereocenters. The van der Waals surface area contributed by atoms with Crippen molar-refractivity contribution < 1.29 is 14.6 Å². The zero-order valence-electron chi connectivity index (χ0n) is 16.3. The number of fused-ring (bicyclic) bond motifs is 1. The van der Waals surface area contributed by atoms with Crippen LogP contribution >= 0.6 is 0 Å². The molecule has 4 heteroatoms. The number of Topliss-reactive ketones (excluding diaryl/α,β-unsaturated/α-hetero) is 1. The van der Waals surface area contributed by atoms with Gasteiger partial charge in [-0.15, -0.1) is 0 Å². The molecule has 2 heterocycles. The second kappa shape index (κ2) is 7.93. The maximum atomic E-state index is 13.0. The monoisotopic (exact) mass is 357 g/mol. The molecule has 1 saturated carbocycles. The molecule has 2 aromatic rings. The van der Waals surface area contributed by atoms with E-state index in [-0.39, 0.29) is 5.78 Å². The van der Waals surface area contributed by atoms with Gasteiger partial charge in [-0.2, -0.15) is 0 Å². The highest BCUT2D eigenvalue weighted by atomic mass is 16.5. The van der Waals surface area contributed by atoms with Gasteiger partial charge in [0.1, 0.15) is 0 Å². The first kappa shape index (κ1) is 19.1. The van der Waals surface area contributed by atoms with Gasteiger partial charge in [-0.1, -0.05) is 25.8 Å². The molecule has 1 aliphatic rings. The number of nitrogens with zero attached hydrogens (tertiary/aromatic N) is 1. The van der Waals surface area contributed by atoms with Crippen molar-refractivity contribution in [1.29, 1.82) is 0 Å². The lowest BCUT2D eigenvalue weighted by Crippen LogP contribution is -2.35. The summed E-state index contributed by atoms with van der Waals surface area (Å²) in [5, 5.41) is 10.9. The summed E-state index contributed by atoms with van der Waals surface area (Å²) in [6.07, 6.45) is 7.63. The molecule has 4 nitrogen and oxygen atoms in total. The van der Waals surface area contributed by atoms with Crippen LogP contribution in [0.4, 0.5) is 0 Å². The molecule has 3 rings (SSSR count). The van der Waals surface area contributed by atoms with E-state index in [1.807, 2.05) is 31.3 Å². The number of aromatic nitrogens is 1. The second-order valence-corrected chi connectivity index (χ2v) is 8.05. The number of rotatable bonds is 7. The number of methoxy groups -OCH3 is 1. The Balaban J connectivity index is 1.81. The van der Waals surface area contributed by atoms with Crippen molar-refractivity contribution >= 4 is 11.3 Å². The number of pyridine rings is 1. The van der Waals surface area contributed by atoms with Crippen molar-refractivity contribution in [2.75, 3.05) is 13.7 Å². The van der Waals surface area contributed by atoms with Gasteiger partial charge in [-0.25, -0.2) is 0 Å². The first-order valence-electron chi connectivity index (χ1n) is 9.77. The molecule has 1 aliphatic carbocycles. The third-order valence-corrected chi connectivity index (χ3v) is 5.82. The number of hydrogen-bond donors (Lipinski definition) is 1. The topological polar surface area (TPSA) is 50.9 Å². The molecule has 0 bridgehead atoms. The van der Waals surface area contributed by atoms with Crippen molar-refractivity contribution in [3.8, 4) is 0 Å². The van der Waals surface area contributed by atoms with Crippen LogP contribution in [-0.2, 0) is 11.2 Å². The summed E-state index contributed by atoms with van der Waals surface area (Å²) in [7, 11) is 1.69. The minimum absolute atomic E-state index is 0.132. The van der Waals surface area contributed by atoms with E-state index in [2.05, 4.69) is 11.3 Å². The fourth-order valence-corrected chi connectivity index (χ4v) is 4.46. The Morgan fingerprint density at radius 3 is 3.00 bits per heavy atom. The van der Waals surface area contributed by atoms with Gasteiger partial charge >= 0.3 is 0 Å². The predicted octanol–water partition coefficient (Wildman–Crippen LogP) is 4.34. The summed E-state index contributed by atoms with van der Waals surface area (Å²) >= 11 is 0. The molecule has 2 atom stereocenters. The van der Waals surface area contributed by atoms with Crippen molar-refractivity contribution in [3.05, 3.63) is 41.2 Å². The van der Waals surface area contributed by atoms with E-state index in [1.54, 1.807) is 7.11 Å². The van der Waals surface area contributed by atoms with Gasteiger partial charge in [0.05, 0.1) is 17.7 Å². The van der Waals surface area contributed by atoms with E-state index in [0.717, 1.165) is 48.0 Å². The van der Waals surface area contributed by atoms with Crippen LogP contribution < -0.4 is 0 Å². The van der Waals surface area contributed by atoms with Crippen LogP contribution in [0.25, 0.3) is 5.52 Å². The summed E-state index contributed by atoms with van der Waals surface area (Å²) in [4.78, 5) is 13.0. The van der Waals surface area contributed by atoms with E-state index < -0.39 is 5.60 Å². The Morgan fingerprint density at radius 2 is 2.27 bits per heavy atom. The summed E-state index contributed by atoms with van der Waals surface area (Å²) in [6.45, 7) is 4.87.